The molecular formula is C25H32N6. The van der Waals surface area contributed by atoms with Crippen molar-refractivity contribution in [3.05, 3.63) is 84.2 Å². The third-order valence-corrected chi connectivity index (χ3v) is 5.92. The predicted molar refractivity (Wildman–Crippen MR) is 126 cm³/mol. The second-order valence-corrected chi connectivity index (χ2v) is 8.23. The lowest BCUT2D eigenvalue weighted by Crippen LogP contribution is -2.51. The van der Waals surface area contributed by atoms with E-state index in [9.17, 15) is 0 Å². The quantitative estimate of drug-likeness (QED) is 0.476. The van der Waals surface area contributed by atoms with Gasteiger partial charge < -0.3 is 10.6 Å². The highest BCUT2D eigenvalue weighted by molar-refractivity contribution is 5.79. The third kappa shape index (κ3) is 5.73. The fourth-order valence-electron chi connectivity index (χ4n) is 4.15. The van der Waals surface area contributed by atoms with E-state index in [2.05, 4.69) is 81.2 Å². The van der Waals surface area contributed by atoms with Gasteiger partial charge in [0.2, 0.25) is 0 Å². The van der Waals surface area contributed by atoms with Crippen LogP contribution in [-0.2, 0) is 13.1 Å². The van der Waals surface area contributed by atoms with E-state index in [0.717, 1.165) is 43.1 Å². The van der Waals surface area contributed by atoms with Crippen LogP contribution in [0.25, 0.3) is 5.69 Å². The molecule has 162 valence electrons. The fourth-order valence-corrected chi connectivity index (χ4v) is 4.15. The second kappa shape index (κ2) is 10.3. The Morgan fingerprint density at radius 2 is 1.81 bits per heavy atom. The molecule has 0 radical (unpaired) electrons. The number of guanidine groups is 1. The summed E-state index contributed by atoms with van der Waals surface area (Å²) in [6.07, 6.45) is 6.18. The van der Waals surface area contributed by atoms with Crippen LogP contribution < -0.4 is 10.6 Å². The predicted octanol–water partition coefficient (Wildman–Crippen LogP) is 3.59. The summed E-state index contributed by atoms with van der Waals surface area (Å²) in [6.45, 7) is 5.13. The summed E-state index contributed by atoms with van der Waals surface area (Å²) in [5.74, 6) is 0.848. The molecule has 4 rings (SSSR count). The Balaban J connectivity index is 1.26. The number of para-hydroxylation sites is 1. The van der Waals surface area contributed by atoms with Gasteiger partial charge in [-0.2, -0.15) is 5.10 Å². The number of piperidine rings is 1. The molecule has 1 fully saturated rings. The molecular weight excluding hydrogens is 384 g/mol. The number of hydrogen-bond donors (Lipinski definition) is 2. The Morgan fingerprint density at radius 3 is 2.52 bits per heavy atom. The van der Waals surface area contributed by atoms with Crippen molar-refractivity contribution in [1.82, 2.24) is 25.3 Å². The second-order valence-electron chi connectivity index (χ2n) is 8.23. The monoisotopic (exact) mass is 416 g/mol. The normalized spacial score (nSPS) is 19.9. The van der Waals surface area contributed by atoms with Crippen molar-refractivity contribution in [1.29, 1.82) is 0 Å². The van der Waals surface area contributed by atoms with E-state index >= 15 is 0 Å². The first-order valence-electron chi connectivity index (χ1n) is 11.1. The maximum Gasteiger partial charge on any atom is 0.191 e. The van der Waals surface area contributed by atoms with Crippen LogP contribution in [0.15, 0.2) is 78.0 Å². The number of aliphatic imine (C=N–C) groups is 1. The van der Waals surface area contributed by atoms with E-state index in [1.54, 1.807) is 0 Å². The summed E-state index contributed by atoms with van der Waals surface area (Å²) >= 11 is 0. The van der Waals surface area contributed by atoms with Crippen molar-refractivity contribution in [2.24, 2.45) is 4.99 Å². The number of hydrogen-bond acceptors (Lipinski definition) is 3. The lowest BCUT2D eigenvalue weighted by Gasteiger charge is -2.38. The number of nitrogens with one attached hydrogen (secondary N) is 2. The van der Waals surface area contributed by atoms with E-state index in [0.29, 0.717) is 18.6 Å². The van der Waals surface area contributed by atoms with Gasteiger partial charge in [0.25, 0.3) is 0 Å². The van der Waals surface area contributed by atoms with Gasteiger partial charge in [0.1, 0.15) is 0 Å². The SMILES string of the molecule is CN=C(NCc1cnn(-c2ccccc2)c1)NC1CCN(Cc2ccccc2)C(C)C1. The van der Waals surface area contributed by atoms with Crippen LogP contribution >= 0.6 is 0 Å². The Hall–Kier alpha value is -3.12. The molecule has 0 spiro atoms. The topological polar surface area (TPSA) is 57.5 Å². The zero-order valence-corrected chi connectivity index (χ0v) is 18.4. The van der Waals surface area contributed by atoms with Gasteiger partial charge in [0, 0.05) is 50.5 Å². The summed E-state index contributed by atoms with van der Waals surface area (Å²) in [5.41, 5.74) is 3.57. The minimum absolute atomic E-state index is 0.431. The molecule has 0 bridgehead atoms. The van der Waals surface area contributed by atoms with Crippen molar-refractivity contribution in [3.8, 4) is 5.69 Å². The van der Waals surface area contributed by atoms with Gasteiger partial charge in [-0.05, 0) is 37.5 Å². The molecule has 2 heterocycles. The maximum absolute atomic E-state index is 4.47. The summed E-state index contributed by atoms with van der Waals surface area (Å²) in [6, 6.07) is 21.9. The van der Waals surface area contributed by atoms with E-state index < -0.39 is 0 Å². The minimum atomic E-state index is 0.431. The Kier molecular flexibility index (Phi) is 6.99. The van der Waals surface area contributed by atoms with E-state index in [1.807, 2.05) is 36.1 Å². The number of aromatic nitrogens is 2. The highest BCUT2D eigenvalue weighted by atomic mass is 15.3. The Labute approximate surface area is 185 Å². The Bertz CT molecular complexity index is 966. The average Bonchev–Trinajstić information content (AvgIpc) is 3.29. The van der Waals surface area contributed by atoms with Gasteiger partial charge >= 0.3 is 0 Å². The van der Waals surface area contributed by atoms with Gasteiger partial charge in [0.05, 0.1) is 11.9 Å². The van der Waals surface area contributed by atoms with Crippen LogP contribution in [0, 0.1) is 0 Å². The van der Waals surface area contributed by atoms with Crippen molar-refractivity contribution in [2.75, 3.05) is 13.6 Å². The molecule has 2 aromatic carbocycles. The minimum Gasteiger partial charge on any atom is -0.354 e. The van der Waals surface area contributed by atoms with Crippen LogP contribution in [0.2, 0.25) is 0 Å². The van der Waals surface area contributed by atoms with Crippen molar-refractivity contribution < 1.29 is 0 Å². The summed E-state index contributed by atoms with van der Waals surface area (Å²) < 4.78 is 1.90. The van der Waals surface area contributed by atoms with Gasteiger partial charge in [-0.15, -0.1) is 0 Å². The molecule has 2 unspecified atom stereocenters. The number of benzene rings is 2. The van der Waals surface area contributed by atoms with Gasteiger partial charge in [-0.3, -0.25) is 9.89 Å². The van der Waals surface area contributed by atoms with Crippen molar-refractivity contribution in [3.63, 3.8) is 0 Å². The molecule has 2 atom stereocenters. The van der Waals surface area contributed by atoms with Crippen LogP contribution in [-0.4, -0.2) is 46.3 Å². The highest BCUT2D eigenvalue weighted by Gasteiger charge is 2.25. The molecule has 1 aromatic heterocycles. The number of rotatable bonds is 6. The van der Waals surface area contributed by atoms with Gasteiger partial charge in [-0.25, -0.2) is 4.68 Å². The molecule has 0 amide bonds. The molecule has 1 aliphatic rings. The summed E-state index contributed by atoms with van der Waals surface area (Å²) in [7, 11) is 1.83. The summed E-state index contributed by atoms with van der Waals surface area (Å²) in [5, 5.41) is 11.5. The van der Waals surface area contributed by atoms with Crippen molar-refractivity contribution in [2.45, 2.75) is 44.9 Å². The molecule has 0 aliphatic carbocycles. The van der Waals surface area contributed by atoms with Crippen molar-refractivity contribution >= 4 is 5.96 Å². The number of likely N-dealkylation sites (tertiary alicyclic amines) is 1. The third-order valence-electron chi connectivity index (χ3n) is 5.92. The van der Waals surface area contributed by atoms with Gasteiger partial charge in [-0.1, -0.05) is 48.5 Å². The van der Waals surface area contributed by atoms with E-state index in [4.69, 9.17) is 0 Å². The van der Waals surface area contributed by atoms with Gasteiger partial charge in [0.15, 0.2) is 5.96 Å². The Morgan fingerprint density at radius 1 is 1.06 bits per heavy atom. The first-order valence-corrected chi connectivity index (χ1v) is 11.1. The molecule has 0 saturated carbocycles. The molecule has 6 heteroatoms. The largest absolute Gasteiger partial charge is 0.354 e. The molecule has 31 heavy (non-hydrogen) atoms. The first-order chi connectivity index (χ1) is 15.2. The van der Waals surface area contributed by atoms with E-state index in [1.165, 1.54) is 5.56 Å². The molecule has 2 N–H and O–H groups in total. The maximum atomic E-state index is 4.47. The highest BCUT2D eigenvalue weighted by Crippen LogP contribution is 2.20. The molecule has 3 aromatic rings. The fraction of sp³-hybridized carbons (Fsp3) is 0.360. The zero-order valence-electron chi connectivity index (χ0n) is 18.4. The first kappa shape index (κ1) is 21.1. The molecule has 1 aliphatic heterocycles. The van der Waals surface area contributed by atoms with Crippen LogP contribution in [0.5, 0.6) is 0 Å². The zero-order chi connectivity index (χ0) is 21.5. The lowest BCUT2D eigenvalue weighted by molar-refractivity contribution is 0.134. The van der Waals surface area contributed by atoms with Crippen LogP contribution in [0.1, 0.15) is 30.9 Å². The van der Waals surface area contributed by atoms with Crippen LogP contribution in [0.4, 0.5) is 0 Å². The lowest BCUT2D eigenvalue weighted by atomic mass is 9.97. The van der Waals surface area contributed by atoms with Crippen LogP contribution in [0.3, 0.4) is 0 Å². The molecule has 6 nitrogen and oxygen atoms in total. The van der Waals surface area contributed by atoms with E-state index in [-0.39, 0.29) is 0 Å². The molecule has 1 saturated heterocycles. The average molecular weight is 417 g/mol. The smallest absolute Gasteiger partial charge is 0.191 e. The standard InChI is InChI=1S/C25H32N6/c1-20-15-23(13-14-30(20)18-21-9-5-3-6-10-21)29-25(26-2)27-16-22-17-28-31(19-22)24-11-7-4-8-12-24/h3-12,17,19-20,23H,13-16,18H2,1-2H3,(H2,26,27,29). The summed E-state index contributed by atoms with van der Waals surface area (Å²) in [4.78, 5) is 7.00. The number of nitrogens with zero attached hydrogens (tertiary/aromatic N) is 4.